The van der Waals surface area contributed by atoms with Gasteiger partial charge in [0, 0.05) is 13.0 Å². The molecule has 2 nitrogen and oxygen atoms in total. The van der Waals surface area contributed by atoms with Crippen molar-refractivity contribution in [3.05, 3.63) is 35.4 Å². The van der Waals surface area contributed by atoms with E-state index in [1.807, 2.05) is 32.0 Å². The average Bonchev–Trinajstić information content (AvgIpc) is 2.49. The summed E-state index contributed by atoms with van der Waals surface area (Å²) in [4.78, 5) is 11.7. The fourth-order valence-corrected chi connectivity index (χ4v) is 1.99. The van der Waals surface area contributed by atoms with Gasteiger partial charge in [-0.25, -0.2) is 0 Å². The lowest BCUT2D eigenvalue weighted by Crippen LogP contribution is -2.38. The molecule has 1 heterocycles. The van der Waals surface area contributed by atoms with E-state index in [4.69, 9.17) is 0 Å². The smallest absolute Gasteiger partial charge is 0.158 e. The topological polar surface area (TPSA) is 29.1 Å². The average molecular weight is 226 g/mol. The molecule has 1 aliphatic heterocycles. The normalized spacial score (nSPS) is 25.1. The van der Waals surface area contributed by atoms with E-state index in [0.717, 1.165) is 12.1 Å². The van der Waals surface area contributed by atoms with E-state index in [2.05, 4.69) is 11.4 Å². The van der Waals surface area contributed by atoms with Gasteiger partial charge in [-0.2, -0.15) is 0 Å². The van der Waals surface area contributed by atoms with Crippen LogP contribution in [0.25, 0.3) is 0 Å². The number of ketones is 1. The monoisotopic (exact) mass is 225 g/mol. The van der Waals surface area contributed by atoms with Gasteiger partial charge in [0.25, 0.3) is 0 Å². The van der Waals surface area contributed by atoms with Gasteiger partial charge in [-0.3, -0.25) is 4.79 Å². The van der Waals surface area contributed by atoms with Crippen LogP contribution in [0.15, 0.2) is 24.3 Å². The molecule has 1 saturated heterocycles. The van der Waals surface area contributed by atoms with E-state index in [-0.39, 0.29) is 12.4 Å². The van der Waals surface area contributed by atoms with E-state index in [1.165, 1.54) is 5.56 Å². The molecular formula is C12H16ClNO. The summed E-state index contributed by atoms with van der Waals surface area (Å²) in [6.45, 7) is 4.81. The highest BCUT2D eigenvalue weighted by Gasteiger charge is 2.38. The second-order valence-electron chi connectivity index (χ2n) is 4.09. The maximum absolute atomic E-state index is 11.7. The first-order chi connectivity index (χ1) is 6.63. The van der Waals surface area contributed by atoms with Crippen molar-refractivity contribution in [2.45, 2.75) is 25.8 Å². The molecule has 0 radical (unpaired) electrons. The number of carbonyl (C=O) groups excluding carboxylic acids is 1. The van der Waals surface area contributed by atoms with Gasteiger partial charge in [-0.05, 0) is 19.4 Å². The zero-order chi connectivity index (χ0) is 10.2. The number of nitrogens with one attached hydrogen (secondary N) is 1. The van der Waals surface area contributed by atoms with Crippen molar-refractivity contribution in [1.82, 2.24) is 5.32 Å². The summed E-state index contributed by atoms with van der Waals surface area (Å²) in [5.74, 6) is 0.295. The SMILES string of the molecule is Cc1cccc(C2(C)NCCC2=O)c1.Cl. The minimum Gasteiger partial charge on any atom is -0.301 e. The Morgan fingerprint density at radius 3 is 2.67 bits per heavy atom. The summed E-state index contributed by atoms with van der Waals surface area (Å²) >= 11 is 0. The second-order valence-corrected chi connectivity index (χ2v) is 4.09. The molecule has 1 aromatic rings. The first-order valence-electron chi connectivity index (χ1n) is 4.98. The molecule has 0 amide bonds. The molecule has 1 unspecified atom stereocenters. The Hall–Kier alpha value is -0.860. The van der Waals surface area contributed by atoms with Crippen molar-refractivity contribution < 1.29 is 4.79 Å². The lowest BCUT2D eigenvalue weighted by molar-refractivity contribution is -0.122. The van der Waals surface area contributed by atoms with Crippen LogP contribution in [0.5, 0.6) is 0 Å². The number of carbonyl (C=O) groups is 1. The van der Waals surface area contributed by atoms with Gasteiger partial charge >= 0.3 is 0 Å². The number of rotatable bonds is 1. The maximum Gasteiger partial charge on any atom is 0.158 e. The Kier molecular flexibility index (Phi) is 3.53. The number of aryl methyl sites for hydroxylation is 1. The molecular weight excluding hydrogens is 210 g/mol. The van der Waals surface area contributed by atoms with Gasteiger partial charge in [0.15, 0.2) is 5.78 Å². The number of hydrogen-bond acceptors (Lipinski definition) is 2. The third-order valence-electron chi connectivity index (χ3n) is 2.98. The third kappa shape index (κ3) is 2.06. The van der Waals surface area contributed by atoms with Gasteiger partial charge in [-0.15, -0.1) is 12.4 Å². The minimum atomic E-state index is -0.452. The maximum atomic E-state index is 11.7. The summed E-state index contributed by atoms with van der Waals surface area (Å²) in [5.41, 5.74) is 1.83. The third-order valence-corrected chi connectivity index (χ3v) is 2.98. The van der Waals surface area contributed by atoms with E-state index in [9.17, 15) is 4.79 Å². The molecule has 15 heavy (non-hydrogen) atoms. The quantitative estimate of drug-likeness (QED) is 0.794. The van der Waals surface area contributed by atoms with E-state index < -0.39 is 5.54 Å². The summed E-state index contributed by atoms with van der Waals surface area (Å²) in [7, 11) is 0. The molecule has 0 saturated carbocycles. The van der Waals surface area contributed by atoms with Crippen LogP contribution in [0.4, 0.5) is 0 Å². The summed E-state index contributed by atoms with van der Waals surface area (Å²) in [6.07, 6.45) is 0.643. The largest absolute Gasteiger partial charge is 0.301 e. The highest BCUT2D eigenvalue weighted by Crippen LogP contribution is 2.27. The van der Waals surface area contributed by atoms with Gasteiger partial charge in [0.1, 0.15) is 5.54 Å². The fraction of sp³-hybridized carbons (Fsp3) is 0.417. The van der Waals surface area contributed by atoms with Crippen LogP contribution in [0.1, 0.15) is 24.5 Å². The van der Waals surface area contributed by atoms with Crippen LogP contribution in [0.3, 0.4) is 0 Å². The molecule has 2 rings (SSSR count). The fourth-order valence-electron chi connectivity index (χ4n) is 1.99. The van der Waals surface area contributed by atoms with Gasteiger partial charge in [-0.1, -0.05) is 29.8 Å². The van der Waals surface area contributed by atoms with E-state index in [1.54, 1.807) is 0 Å². The summed E-state index contributed by atoms with van der Waals surface area (Å²) < 4.78 is 0. The summed E-state index contributed by atoms with van der Waals surface area (Å²) in [6, 6.07) is 8.15. The molecule has 82 valence electrons. The van der Waals surface area contributed by atoms with Gasteiger partial charge in [0.05, 0.1) is 0 Å². The highest BCUT2D eigenvalue weighted by atomic mass is 35.5. The van der Waals surface area contributed by atoms with Crippen molar-refractivity contribution in [1.29, 1.82) is 0 Å². The Labute approximate surface area is 96.5 Å². The number of halogens is 1. The zero-order valence-corrected chi connectivity index (χ0v) is 9.86. The molecule has 1 aromatic carbocycles. The highest BCUT2D eigenvalue weighted by molar-refractivity contribution is 5.91. The Morgan fingerprint density at radius 2 is 2.13 bits per heavy atom. The molecule has 0 aromatic heterocycles. The van der Waals surface area contributed by atoms with Crippen LogP contribution >= 0.6 is 12.4 Å². The Bertz CT molecular complexity index is 378. The van der Waals surface area contributed by atoms with Crippen molar-refractivity contribution in [3.63, 3.8) is 0 Å². The molecule has 0 spiro atoms. The lowest BCUT2D eigenvalue weighted by Gasteiger charge is -2.23. The van der Waals surface area contributed by atoms with Crippen molar-refractivity contribution >= 4 is 18.2 Å². The molecule has 1 atom stereocenters. The van der Waals surface area contributed by atoms with Crippen LogP contribution in [0.2, 0.25) is 0 Å². The zero-order valence-electron chi connectivity index (χ0n) is 9.04. The molecule has 0 bridgehead atoms. The van der Waals surface area contributed by atoms with Crippen LogP contribution in [0, 0.1) is 6.92 Å². The van der Waals surface area contributed by atoms with Crippen LogP contribution < -0.4 is 5.32 Å². The van der Waals surface area contributed by atoms with Crippen molar-refractivity contribution in [2.75, 3.05) is 6.54 Å². The number of hydrogen-bond donors (Lipinski definition) is 1. The second kappa shape index (κ2) is 4.33. The lowest BCUT2D eigenvalue weighted by atomic mass is 9.89. The number of benzene rings is 1. The van der Waals surface area contributed by atoms with Crippen LogP contribution in [-0.2, 0) is 10.3 Å². The number of Topliss-reactive ketones (excluding diaryl/α,β-unsaturated/α-hetero) is 1. The van der Waals surface area contributed by atoms with Crippen LogP contribution in [-0.4, -0.2) is 12.3 Å². The summed E-state index contributed by atoms with van der Waals surface area (Å²) in [5, 5.41) is 3.28. The molecule has 1 aliphatic rings. The standard InChI is InChI=1S/C12H15NO.ClH/c1-9-4-3-5-10(8-9)12(2)11(14)6-7-13-12;/h3-5,8,13H,6-7H2,1-2H3;1H. The molecule has 0 aliphatic carbocycles. The molecule has 1 fully saturated rings. The van der Waals surface area contributed by atoms with Gasteiger partial charge in [0.2, 0.25) is 0 Å². The Morgan fingerprint density at radius 1 is 1.40 bits per heavy atom. The molecule has 3 heteroatoms. The minimum absolute atomic E-state index is 0. The first kappa shape index (κ1) is 12.2. The predicted molar refractivity (Wildman–Crippen MR) is 63.4 cm³/mol. The van der Waals surface area contributed by atoms with Crippen molar-refractivity contribution in [3.8, 4) is 0 Å². The van der Waals surface area contributed by atoms with Crippen molar-refractivity contribution in [2.24, 2.45) is 0 Å². The first-order valence-corrected chi connectivity index (χ1v) is 4.98. The molecule has 1 N–H and O–H groups in total. The van der Waals surface area contributed by atoms with E-state index in [0.29, 0.717) is 12.2 Å². The Balaban J connectivity index is 0.00000112. The predicted octanol–water partition coefficient (Wildman–Crippen LogP) is 2.19. The van der Waals surface area contributed by atoms with E-state index >= 15 is 0 Å². The van der Waals surface area contributed by atoms with Gasteiger partial charge < -0.3 is 5.32 Å².